The number of fused-ring (bicyclic) bond motifs is 4. The minimum absolute atomic E-state index is 0.0869. The zero-order valence-electron chi connectivity index (χ0n) is 13.7. The van der Waals surface area contributed by atoms with Crippen molar-refractivity contribution in [1.29, 1.82) is 0 Å². The van der Waals surface area contributed by atoms with Gasteiger partial charge in [-0.05, 0) is 91.6 Å². The minimum atomic E-state index is -4.21. The van der Waals surface area contributed by atoms with Gasteiger partial charge in [-0.3, -0.25) is 4.55 Å². The molecule has 126 valence electrons. The van der Waals surface area contributed by atoms with Crippen LogP contribution >= 0.6 is 0 Å². The third-order valence-corrected chi connectivity index (χ3v) is 5.73. The molecular formula is C22H14O3S. The van der Waals surface area contributed by atoms with Gasteiger partial charge in [0.05, 0.1) is 4.90 Å². The first-order chi connectivity index (χ1) is 12.5. The summed E-state index contributed by atoms with van der Waals surface area (Å²) in [5.74, 6) is 0. The van der Waals surface area contributed by atoms with Crippen molar-refractivity contribution in [1.82, 2.24) is 0 Å². The maximum atomic E-state index is 11.4. The molecule has 1 N–H and O–H groups in total. The first-order valence-corrected chi connectivity index (χ1v) is 9.69. The molecule has 3 nitrogen and oxygen atoms in total. The van der Waals surface area contributed by atoms with Crippen LogP contribution in [0.3, 0.4) is 0 Å². The highest BCUT2D eigenvalue weighted by molar-refractivity contribution is 7.85. The molecule has 0 bridgehead atoms. The van der Waals surface area contributed by atoms with Crippen LogP contribution in [0.2, 0.25) is 0 Å². The SMILES string of the molecule is O=S(=O)(O)c1ccc2cc3cc4cc5ccccc5cc4cc3cc2c1. The lowest BCUT2D eigenvalue weighted by Gasteiger charge is -2.08. The van der Waals surface area contributed by atoms with Gasteiger partial charge in [0.2, 0.25) is 0 Å². The van der Waals surface area contributed by atoms with Crippen LogP contribution in [0.15, 0.2) is 83.8 Å². The van der Waals surface area contributed by atoms with E-state index in [1.54, 1.807) is 6.07 Å². The Morgan fingerprint density at radius 2 is 0.885 bits per heavy atom. The van der Waals surface area contributed by atoms with Gasteiger partial charge in [-0.1, -0.05) is 30.3 Å². The van der Waals surface area contributed by atoms with Crippen molar-refractivity contribution < 1.29 is 13.0 Å². The van der Waals surface area contributed by atoms with Gasteiger partial charge < -0.3 is 0 Å². The van der Waals surface area contributed by atoms with Gasteiger partial charge in [0.25, 0.3) is 10.1 Å². The predicted octanol–water partition coefficient (Wildman–Crippen LogP) is 5.55. The molecule has 0 aliphatic heterocycles. The minimum Gasteiger partial charge on any atom is -0.282 e. The van der Waals surface area contributed by atoms with Gasteiger partial charge in [0, 0.05) is 0 Å². The van der Waals surface area contributed by atoms with Crippen molar-refractivity contribution in [3.63, 3.8) is 0 Å². The van der Waals surface area contributed by atoms with Crippen LogP contribution in [-0.4, -0.2) is 13.0 Å². The van der Waals surface area contributed by atoms with Crippen LogP contribution in [0.4, 0.5) is 0 Å². The highest BCUT2D eigenvalue weighted by Gasteiger charge is 2.10. The number of benzene rings is 5. The zero-order valence-corrected chi connectivity index (χ0v) is 14.5. The molecule has 0 saturated carbocycles. The molecular weight excluding hydrogens is 344 g/mol. The lowest BCUT2D eigenvalue weighted by Crippen LogP contribution is -1.97. The Labute approximate surface area is 150 Å². The van der Waals surface area contributed by atoms with E-state index in [1.165, 1.54) is 28.3 Å². The largest absolute Gasteiger partial charge is 0.294 e. The van der Waals surface area contributed by atoms with E-state index in [9.17, 15) is 13.0 Å². The normalized spacial score (nSPS) is 12.3. The second-order valence-electron chi connectivity index (χ2n) is 6.58. The molecule has 0 aliphatic carbocycles. The fraction of sp³-hybridized carbons (Fsp3) is 0. The number of hydrogen-bond donors (Lipinski definition) is 1. The molecule has 0 atom stereocenters. The van der Waals surface area contributed by atoms with Gasteiger partial charge in [0.1, 0.15) is 0 Å². The van der Waals surface area contributed by atoms with Crippen LogP contribution in [-0.2, 0) is 10.1 Å². The van der Waals surface area contributed by atoms with Crippen molar-refractivity contribution in [2.24, 2.45) is 0 Å². The summed E-state index contributed by atoms with van der Waals surface area (Å²) in [7, 11) is -4.21. The Morgan fingerprint density at radius 3 is 1.35 bits per heavy atom. The van der Waals surface area contributed by atoms with Gasteiger partial charge in [-0.15, -0.1) is 0 Å². The molecule has 0 heterocycles. The molecule has 4 heteroatoms. The van der Waals surface area contributed by atoms with E-state index in [0.29, 0.717) is 0 Å². The lowest BCUT2D eigenvalue weighted by molar-refractivity contribution is 0.483. The quantitative estimate of drug-likeness (QED) is 0.316. The average Bonchev–Trinajstić information content (AvgIpc) is 2.61. The number of rotatable bonds is 1. The third-order valence-electron chi connectivity index (χ3n) is 4.88. The van der Waals surface area contributed by atoms with E-state index >= 15 is 0 Å². The summed E-state index contributed by atoms with van der Waals surface area (Å²) in [4.78, 5) is -0.0869. The fourth-order valence-electron chi connectivity index (χ4n) is 3.58. The monoisotopic (exact) mass is 358 g/mol. The molecule has 0 aliphatic rings. The molecule has 26 heavy (non-hydrogen) atoms. The van der Waals surface area contributed by atoms with Gasteiger partial charge >= 0.3 is 0 Å². The first-order valence-electron chi connectivity index (χ1n) is 8.25. The van der Waals surface area contributed by atoms with Crippen molar-refractivity contribution in [2.75, 3.05) is 0 Å². The highest BCUT2D eigenvalue weighted by atomic mass is 32.2. The number of hydrogen-bond acceptors (Lipinski definition) is 2. The smallest absolute Gasteiger partial charge is 0.282 e. The maximum Gasteiger partial charge on any atom is 0.294 e. The Kier molecular flexibility index (Phi) is 3.11. The predicted molar refractivity (Wildman–Crippen MR) is 106 cm³/mol. The molecule has 0 unspecified atom stereocenters. The van der Waals surface area contributed by atoms with Gasteiger partial charge in [0.15, 0.2) is 0 Å². The third kappa shape index (κ3) is 2.43. The van der Waals surface area contributed by atoms with Crippen molar-refractivity contribution in [2.45, 2.75) is 4.90 Å². The van der Waals surface area contributed by atoms with E-state index in [4.69, 9.17) is 0 Å². The summed E-state index contributed by atoms with van der Waals surface area (Å²) in [5, 5.41) is 8.56. The standard InChI is InChI=1S/C22H14O3S/c23-26(24,25)22-6-5-16-9-19-10-17-7-14-3-1-2-4-15(14)8-18(17)11-20(19)12-21(16)13-22/h1-13H,(H,23,24,25). The van der Waals surface area contributed by atoms with E-state index in [0.717, 1.165) is 26.9 Å². The van der Waals surface area contributed by atoms with Crippen LogP contribution in [0.1, 0.15) is 0 Å². The van der Waals surface area contributed by atoms with E-state index in [-0.39, 0.29) is 4.90 Å². The van der Waals surface area contributed by atoms with Gasteiger partial charge in [-0.25, -0.2) is 0 Å². The Bertz CT molecular complexity index is 1450. The summed E-state index contributed by atoms with van der Waals surface area (Å²) in [5.41, 5.74) is 0. The molecule has 0 saturated heterocycles. The Morgan fingerprint density at radius 1 is 0.500 bits per heavy atom. The van der Waals surface area contributed by atoms with Crippen LogP contribution in [0.25, 0.3) is 43.1 Å². The van der Waals surface area contributed by atoms with Gasteiger partial charge in [-0.2, -0.15) is 8.42 Å². The molecule has 0 spiro atoms. The second-order valence-corrected chi connectivity index (χ2v) is 8.00. The summed E-state index contributed by atoms with van der Waals surface area (Å²) < 4.78 is 32.1. The first kappa shape index (κ1) is 15.3. The van der Waals surface area contributed by atoms with Crippen LogP contribution in [0, 0.1) is 0 Å². The van der Waals surface area contributed by atoms with Crippen LogP contribution < -0.4 is 0 Å². The summed E-state index contributed by atoms with van der Waals surface area (Å²) in [6, 6.07) is 25.6. The summed E-state index contributed by atoms with van der Waals surface area (Å²) in [6.07, 6.45) is 0. The summed E-state index contributed by atoms with van der Waals surface area (Å²) in [6.45, 7) is 0. The molecule has 5 aromatic rings. The van der Waals surface area contributed by atoms with Crippen molar-refractivity contribution in [3.8, 4) is 0 Å². The maximum absolute atomic E-state index is 11.4. The molecule has 5 aromatic carbocycles. The van der Waals surface area contributed by atoms with E-state index in [2.05, 4.69) is 36.4 Å². The average molecular weight is 358 g/mol. The lowest BCUT2D eigenvalue weighted by atomic mass is 9.97. The highest BCUT2D eigenvalue weighted by Crippen LogP contribution is 2.30. The van der Waals surface area contributed by atoms with Crippen molar-refractivity contribution >= 4 is 53.2 Å². The molecule has 0 amide bonds. The molecule has 0 radical (unpaired) electrons. The Balaban J connectivity index is 1.84. The van der Waals surface area contributed by atoms with E-state index in [1.807, 2.05) is 24.3 Å². The van der Waals surface area contributed by atoms with Crippen molar-refractivity contribution in [3.05, 3.63) is 78.9 Å². The van der Waals surface area contributed by atoms with E-state index < -0.39 is 10.1 Å². The molecule has 0 aromatic heterocycles. The van der Waals surface area contributed by atoms with Crippen LogP contribution in [0.5, 0.6) is 0 Å². The topological polar surface area (TPSA) is 54.4 Å². The zero-order chi connectivity index (χ0) is 17.9. The fourth-order valence-corrected chi connectivity index (χ4v) is 4.10. The Hall–Kier alpha value is -2.95. The second kappa shape index (κ2) is 5.27. The molecule has 0 fully saturated rings. The summed E-state index contributed by atoms with van der Waals surface area (Å²) >= 11 is 0. The molecule has 5 rings (SSSR count).